The van der Waals surface area contributed by atoms with E-state index < -0.39 is 6.09 Å². The number of nitrogens with zero attached hydrogens (tertiary/aromatic N) is 2. The fraction of sp³-hybridized carbons (Fsp3) is 0.462. The Kier molecular flexibility index (Phi) is 4.63. The number of halogens is 1. The second kappa shape index (κ2) is 6.23. The van der Waals surface area contributed by atoms with Crippen molar-refractivity contribution in [1.82, 2.24) is 9.80 Å². The molecule has 1 heterocycles. The molecule has 0 spiro atoms. The van der Waals surface area contributed by atoms with Gasteiger partial charge in [0.2, 0.25) is 0 Å². The van der Waals surface area contributed by atoms with Crippen LogP contribution in [-0.2, 0) is 13.1 Å². The van der Waals surface area contributed by atoms with Crippen molar-refractivity contribution >= 4 is 17.7 Å². The summed E-state index contributed by atoms with van der Waals surface area (Å²) in [7, 11) is 0. The maximum absolute atomic E-state index is 10.8. The van der Waals surface area contributed by atoms with E-state index in [-0.39, 0.29) is 0 Å². The molecule has 0 saturated carbocycles. The molecule has 1 amide bonds. The van der Waals surface area contributed by atoms with Gasteiger partial charge in [0.15, 0.2) is 0 Å². The Balaban J connectivity index is 1.94. The highest BCUT2D eigenvalue weighted by molar-refractivity contribution is 6.31. The molecule has 5 nitrogen and oxygen atoms in total. The topological polar surface area (TPSA) is 69.8 Å². The van der Waals surface area contributed by atoms with Crippen LogP contribution in [0.25, 0.3) is 0 Å². The number of hydrogen-bond donors (Lipinski definition) is 2. The molecular weight excluding hydrogens is 266 g/mol. The van der Waals surface area contributed by atoms with E-state index in [4.69, 9.17) is 22.4 Å². The summed E-state index contributed by atoms with van der Waals surface area (Å²) in [6.45, 7) is 3.87. The van der Waals surface area contributed by atoms with Crippen molar-refractivity contribution in [3.8, 4) is 0 Å². The van der Waals surface area contributed by atoms with Gasteiger partial charge in [0.05, 0.1) is 0 Å². The van der Waals surface area contributed by atoms with Gasteiger partial charge in [-0.15, -0.1) is 0 Å². The zero-order chi connectivity index (χ0) is 13.8. The maximum Gasteiger partial charge on any atom is 0.407 e. The molecular formula is C13H18ClN3O2. The molecule has 3 N–H and O–H groups in total. The summed E-state index contributed by atoms with van der Waals surface area (Å²) in [6.07, 6.45) is -0.837. The number of benzene rings is 1. The van der Waals surface area contributed by atoms with Crippen molar-refractivity contribution in [1.29, 1.82) is 0 Å². The number of nitrogens with two attached hydrogens (primary N) is 1. The lowest BCUT2D eigenvalue weighted by molar-refractivity contribution is 0.103. The molecule has 0 radical (unpaired) electrons. The third-order valence-corrected chi connectivity index (χ3v) is 3.75. The first-order valence-corrected chi connectivity index (χ1v) is 6.65. The third kappa shape index (κ3) is 3.59. The molecule has 1 aromatic rings. The molecule has 1 aromatic carbocycles. The number of piperazine rings is 1. The Labute approximate surface area is 117 Å². The molecule has 0 bridgehead atoms. The quantitative estimate of drug-likeness (QED) is 0.884. The minimum atomic E-state index is -0.837. The van der Waals surface area contributed by atoms with Crippen LogP contribution in [-0.4, -0.2) is 47.2 Å². The van der Waals surface area contributed by atoms with Gasteiger partial charge in [0.1, 0.15) is 0 Å². The minimum absolute atomic E-state index is 0.430. The monoisotopic (exact) mass is 283 g/mol. The molecule has 0 unspecified atom stereocenters. The largest absolute Gasteiger partial charge is 0.465 e. The summed E-state index contributed by atoms with van der Waals surface area (Å²) in [4.78, 5) is 14.5. The molecule has 1 aliphatic rings. The molecule has 1 aliphatic heterocycles. The van der Waals surface area contributed by atoms with Crippen LogP contribution in [0.3, 0.4) is 0 Å². The van der Waals surface area contributed by atoms with Crippen LogP contribution in [0.5, 0.6) is 0 Å². The van der Waals surface area contributed by atoms with Crippen LogP contribution in [0, 0.1) is 0 Å². The molecule has 1 saturated heterocycles. The highest BCUT2D eigenvalue weighted by Gasteiger charge is 2.20. The maximum atomic E-state index is 10.8. The lowest BCUT2D eigenvalue weighted by Crippen LogP contribution is -2.47. The first kappa shape index (κ1) is 14.1. The summed E-state index contributed by atoms with van der Waals surface area (Å²) in [5, 5.41) is 9.59. The first-order valence-electron chi connectivity index (χ1n) is 6.27. The fourth-order valence-electron chi connectivity index (χ4n) is 2.24. The molecule has 0 aromatic heterocycles. The Bertz CT molecular complexity index is 459. The number of hydrogen-bond acceptors (Lipinski definition) is 3. The Hall–Kier alpha value is -1.30. The summed E-state index contributed by atoms with van der Waals surface area (Å²) in [6, 6.07) is 5.88. The van der Waals surface area contributed by atoms with E-state index in [0.717, 1.165) is 30.8 Å². The van der Waals surface area contributed by atoms with Gasteiger partial charge in [0, 0.05) is 44.3 Å². The Morgan fingerprint density at radius 2 is 2.00 bits per heavy atom. The SMILES string of the molecule is NCc1cc(CN2CCN(C(=O)O)CC2)ccc1Cl. The average Bonchev–Trinajstić information content (AvgIpc) is 2.41. The van der Waals surface area contributed by atoms with Crippen molar-refractivity contribution in [2.75, 3.05) is 26.2 Å². The second-order valence-corrected chi connectivity index (χ2v) is 5.08. The normalized spacial score (nSPS) is 16.6. The van der Waals surface area contributed by atoms with E-state index in [1.165, 1.54) is 4.90 Å². The molecule has 1 fully saturated rings. The number of amides is 1. The van der Waals surface area contributed by atoms with Gasteiger partial charge in [-0.2, -0.15) is 0 Å². The van der Waals surface area contributed by atoms with Gasteiger partial charge in [-0.05, 0) is 17.2 Å². The van der Waals surface area contributed by atoms with Crippen LogP contribution in [0.15, 0.2) is 18.2 Å². The molecule has 0 atom stereocenters. The Morgan fingerprint density at radius 3 is 2.58 bits per heavy atom. The standard InChI is InChI=1S/C13H18ClN3O2/c14-12-2-1-10(7-11(12)8-15)9-16-3-5-17(6-4-16)13(18)19/h1-2,7H,3-6,8-9,15H2,(H,18,19). The van der Waals surface area contributed by atoms with Gasteiger partial charge >= 0.3 is 6.09 Å². The predicted molar refractivity (Wildman–Crippen MR) is 74.2 cm³/mol. The molecule has 2 rings (SSSR count). The molecule has 104 valence electrons. The second-order valence-electron chi connectivity index (χ2n) is 4.68. The van der Waals surface area contributed by atoms with Crippen LogP contribution in [0.1, 0.15) is 11.1 Å². The lowest BCUT2D eigenvalue weighted by atomic mass is 10.1. The number of carboxylic acid groups (broad SMARTS) is 1. The Morgan fingerprint density at radius 1 is 1.32 bits per heavy atom. The van der Waals surface area contributed by atoms with Gasteiger partial charge in [-0.3, -0.25) is 4.90 Å². The highest BCUT2D eigenvalue weighted by Crippen LogP contribution is 2.18. The van der Waals surface area contributed by atoms with Gasteiger partial charge in [-0.1, -0.05) is 23.7 Å². The van der Waals surface area contributed by atoms with Crippen molar-refractivity contribution in [3.63, 3.8) is 0 Å². The number of rotatable bonds is 3. The van der Waals surface area contributed by atoms with Crippen LogP contribution < -0.4 is 5.73 Å². The minimum Gasteiger partial charge on any atom is -0.465 e. The van der Waals surface area contributed by atoms with Crippen molar-refractivity contribution in [3.05, 3.63) is 34.3 Å². The summed E-state index contributed by atoms with van der Waals surface area (Å²) >= 11 is 6.03. The molecule has 19 heavy (non-hydrogen) atoms. The van der Waals surface area contributed by atoms with Crippen LogP contribution in [0.2, 0.25) is 5.02 Å². The number of carbonyl (C=O) groups is 1. The third-order valence-electron chi connectivity index (χ3n) is 3.38. The highest BCUT2D eigenvalue weighted by atomic mass is 35.5. The van der Waals surface area contributed by atoms with Crippen molar-refractivity contribution in [2.45, 2.75) is 13.1 Å². The van der Waals surface area contributed by atoms with E-state index in [0.29, 0.717) is 24.7 Å². The summed E-state index contributed by atoms with van der Waals surface area (Å²) in [5.41, 5.74) is 7.74. The van der Waals surface area contributed by atoms with Crippen LogP contribution in [0.4, 0.5) is 4.79 Å². The summed E-state index contributed by atoms with van der Waals surface area (Å²) < 4.78 is 0. The van der Waals surface area contributed by atoms with E-state index in [2.05, 4.69) is 4.90 Å². The van der Waals surface area contributed by atoms with Gasteiger partial charge < -0.3 is 15.7 Å². The van der Waals surface area contributed by atoms with Crippen LogP contribution >= 0.6 is 11.6 Å². The van der Waals surface area contributed by atoms with E-state index >= 15 is 0 Å². The lowest BCUT2D eigenvalue weighted by Gasteiger charge is -2.33. The van der Waals surface area contributed by atoms with Gasteiger partial charge in [-0.25, -0.2) is 4.79 Å². The zero-order valence-electron chi connectivity index (χ0n) is 10.7. The van der Waals surface area contributed by atoms with Gasteiger partial charge in [0.25, 0.3) is 0 Å². The first-order chi connectivity index (χ1) is 9.10. The summed E-state index contributed by atoms with van der Waals surface area (Å²) in [5.74, 6) is 0. The smallest absolute Gasteiger partial charge is 0.407 e. The predicted octanol–water partition coefficient (Wildman–Crippen LogP) is 1.59. The molecule has 6 heteroatoms. The molecule has 0 aliphatic carbocycles. The van der Waals surface area contributed by atoms with E-state index in [1.54, 1.807) is 0 Å². The zero-order valence-corrected chi connectivity index (χ0v) is 11.4. The average molecular weight is 284 g/mol. The van der Waals surface area contributed by atoms with Crippen molar-refractivity contribution < 1.29 is 9.90 Å². The van der Waals surface area contributed by atoms with Crippen molar-refractivity contribution in [2.24, 2.45) is 5.73 Å². The van der Waals surface area contributed by atoms with E-state index in [1.807, 2.05) is 18.2 Å². The van der Waals surface area contributed by atoms with E-state index in [9.17, 15) is 4.79 Å². The fourth-order valence-corrected chi connectivity index (χ4v) is 2.43.